The number of hydrogen-bond acceptors (Lipinski definition) is 6. The average Bonchev–Trinajstić information content (AvgIpc) is 3.28. The molecule has 0 saturated heterocycles. The lowest BCUT2D eigenvalue weighted by Crippen LogP contribution is -2.17. The van der Waals surface area contributed by atoms with Crippen LogP contribution in [0, 0.1) is 0 Å². The lowest BCUT2D eigenvalue weighted by atomic mass is 10.0. The van der Waals surface area contributed by atoms with Crippen molar-refractivity contribution in [2.24, 2.45) is 0 Å². The van der Waals surface area contributed by atoms with Gasteiger partial charge in [-0.25, -0.2) is 0 Å². The molecule has 1 aromatic heterocycles. The second kappa shape index (κ2) is 13.2. The fourth-order valence-electron chi connectivity index (χ4n) is 3.55. The van der Waals surface area contributed by atoms with Crippen molar-refractivity contribution < 1.29 is 18.5 Å². The van der Waals surface area contributed by atoms with Crippen LogP contribution in [-0.2, 0) is 34.9 Å². The van der Waals surface area contributed by atoms with E-state index in [1.54, 1.807) is 0 Å². The van der Waals surface area contributed by atoms with Crippen molar-refractivity contribution in [1.29, 1.82) is 0 Å². The van der Waals surface area contributed by atoms with Crippen LogP contribution < -0.4 is 5.32 Å². The summed E-state index contributed by atoms with van der Waals surface area (Å²) in [4.78, 5) is 13.2. The minimum absolute atomic E-state index is 0.269. The fraction of sp³-hybridized carbons (Fsp3) is 0.417. The van der Waals surface area contributed by atoms with Gasteiger partial charge >= 0.3 is 8.25 Å². The first kappa shape index (κ1) is 24.2. The number of hydrogen-bond donors (Lipinski definition) is 2. The van der Waals surface area contributed by atoms with E-state index < -0.39 is 8.25 Å². The zero-order chi connectivity index (χ0) is 22.6. The van der Waals surface area contributed by atoms with E-state index in [1.165, 1.54) is 16.7 Å². The average molecular weight is 457 g/mol. The molecular weight excluding hydrogens is 425 g/mol. The molecule has 1 atom stereocenters. The molecule has 170 valence electrons. The number of aromatic nitrogens is 2. The molecule has 8 heteroatoms. The quantitative estimate of drug-likeness (QED) is 0.260. The van der Waals surface area contributed by atoms with E-state index in [0.717, 1.165) is 44.2 Å². The first-order valence-electron chi connectivity index (χ1n) is 11.1. The fourth-order valence-corrected chi connectivity index (χ4v) is 3.84. The number of unbranched alkanes of at least 4 members (excludes halogenated alkanes) is 1. The standard InChI is InChI=1S/C24H30N3O4P/c1-2-20-17-21(13-14-22(20)18-25-15-8-16-30-32(28)29)24-26-23(31-27-24)12-7-6-11-19-9-4-3-5-10-19/h3-5,9-10,13-14,17,25H,2,6-8,11-12,15-16,18H2,1H3/p+1. The van der Waals surface area contributed by atoms with Crippen molar-refractivity contribution >= 4 is 8.25 Å². The zero-order valence-corrected chi connectivity index (χ0v) is 19.4. The molecule has 0 spiro atoms. The molecule has 0 aliphatic rings. The maximum absolute atomic E-state index is 10.5. The number of aryl methyl sites for hydroxylation is 3. The molecule has 2 N–H and O–H groups in total. The minimum Gasteiger partial charge on any atom is -0.339 e. The van der Waals surface area contributed by atoms with Crippen molar-refractivity contribution in [2.75, 3.05) is 13.2 Å². The number of rotatable bonds is 14. The van der Waals surface area contributed by atoms with E-state index in [-0.39, 0.29) is 6.61 Å². The lowest BCUT2D eigenvalue weighted by Gasteiger charge is -2.10. The Morgan fingerprint density at radius 2 is 1.88 bits per heavy atom. The number of nitrogens with zero attached hydrogens (tertiary/aromatic N) is 2. The Morgan fingerprint density at radius 1 is 1.06 bits per heavy atom. The maximum Gasteiger partial charge on any atom is 0.694 e. The number of nitrogens with one attached hydrogen (secondary N) is 1. The summed E-state index contributed by atoms with van der Waals surface area (Å²) in [5, 5.41) is 7.53. The number of benzene rings is 2. The summed E-state index contributed by atoms with van der Waals surface area (Å²) < 4.78 is 20.6. The van der Waals surface area contributed by atoms with E-state index in [1.807, 2.05) is 12.1 Å². The van der Waals surface area contributed by atoms with Crippen molar-refractivity contribution in [3.05, 3.63) is 71.1 Å². The van der Waals surface area contributed by atoms with Gasteiger partial charge in [0.1, 0.15) is 6.61 Å². The van der Waals surface area contributed by atoms with Crippen LogP contribution in [-0.4, -0.2) is 28.2 Å². The van der Waals surface area contributed by atoms with Crippen molar-refractivity contribution in [3.63, 3.8) is 0 Å². The third-order valence-electron chi connectivity index (χ3n) is 5.28. The first-order valence-corrected chi connectivity index (χ1v) is 12.3. The molecule has 3 rings (SSSR count). The lowest BCUT2D eigenvalue weighted by molar-refractivity contribution is 0.276. The highest BCUT2D eigenvalue weighted by atomic mass is 31.1. The topological polar surface area (TPSA) is 97.5 Å². The molecule has 0 saturated carbocycles. The van der Waals surface area contributed by atoms with Gasteiger partial charge in [-0.15, -0.1) is 9.42 Å². The molecule has 3 aromatic rings. The van der Waals surface area contributed by atoms with Crippen LogP contribution in [0.25, 0.3) is 11.4 Å². The third-order valence-corrected chi connectivity index (χ3v) is 5.68. The van der Waals surface area contributed by atoms with Crippen LogP contribution in [0.2, 0.25) is 0 Å². The van der Waals surface area contributed by atoms with Crippen LogP contribution in [0.3, 0.4) is 0 Å². The van der Waals surface area contributed by atoms with Crippen molar-refractivity contribution in [3.8, 4) is 11.4 Å². The van der Waals surface area contributed by atoms with Gasteiger partial charge in [0.15, 0.2) is 0 Å². The minimum atomic E-state index is -2.51. The summed E-state index contributed by atoms with van der Waals surface area (Å²) >= 11 is 0. The Bertz CT molecular complexity index is 978. The smallest absolute Gasteiger partial charge is 0.339 e. The molecule has 0 amide bonds. The SMILES string of the molecule is CCc1cc(-c2noc(CCCCc3ccccc3)n2)ccc1CNCCCO[P+](=O)O. The van der Waals surface area contributed by atoms with Gasteiger partial charge in [-0.05, 0) is 61.4 Å². The molecule has 0 bridgehead atoms. The van der Waals surface area contributed by atoms with E-state index >= 15 is 0 Å². The molecule has 1 unspecified atom stereocenters. The molecule has 2 aromatic carbocycles. The van der Waals surface area contributed by atoms with Gasteiger partial charge in [-0.2, -0.15) is 4.98 Å². The van der Waals surface area contributed by atoms with E-state index in [2.05, 4.69) is 63.3 Å². The summed E-state index contributed by atoms with van der Waals surface area (Å²) in [6.07, 6.45) is 5.54. The second-order valence-corrected chi connectivity index (χ2v) is 8.38. The van der Waals surface area contributed by atoms with Crippen LogP contribution >= 0.6 is 8.25 Å². The second-order valence-electron chi connectivity index (χ2n) is 7.64. The van der Waals surface area contributed by atoms with Crippen LogP contribution in [0.4, 0.5) is 0 Å². The monoisotopic (exact) mass is 456 g/mol. The Hall–Kier alpha value is -2.44. The van der Waals surface area contributed by atoms with Gasteiger partial charge in [0.05, 0.1) is 0 Å². The van der Waals surface area contributed by atoms with Gasteiger partial charge in [-0.1, -0.05) is 54.5 Å². The third kappa shape index (κ3) is 7.92. The first-order chi connectivity index (χ1) is 15.7. The Labute approximate surface area is 190 Å². The Morgan fingerprint density at radius 3 is 2.66 bits per heavy atom. The highest BCUT2D eigenvalue weighted by Gasteiger charge is 2.12. The molecule has 32 heavy (non-hydrogen) atoms. The Kier molecular flexibility index (Phi) is 9.98. The van der Waals surface area contributed by atoms with E-state index in [9.17, 15) is 4.57 Å². The van der Waals surface area contributed by atoms with E-state index in [0.29, 0.717) is 24.7 Å². The summed E-state index contributed by atoms with van der Waals surface area (Å²) in [5.41, 5.74) is 4.77. The summed E-state index contributed by atoms with van der Waals surface area (Å²) in [6.45, 7) is 3.84. The largest absolute Gasteiger partial charge is 0.694 e. The summed E-state index contributed by atoms with van der Waals surface area (Å²) in [7, 11) is -2.51. The summed E-state index contributed by atoms with van der Waals surface area (Å²) in [5.74, 6) is 1.32. The zero-order valence-electron chi connectivity index (χ0n) is 18.5. The predicted octanol–water partition coefficient (Wildman–Crippen LogP) is 5.01. The van der Waals surface area contributed by atoms with Gasteiger partial charge in [0, 0.05) is 23.1 Å². The summed E-state index contributed by atoms with van der Waals surface area (Å²) in [6, 6.07) is 16.8. The van der Waals surface area contributed by atoms with Crippen molar-refractivity contribution in [2.45, 2.75) is 52.0 Å². The van der Waals surface area contributed by atoms with Crippen LogP contribution in [0.5, 0.6) is 0 Å². The molecule has 0 aliphatic heterocycles. The highest BCUT2D eigenvalue weighted by molar-refractivity contribution is 7.32. The molecule has 0 fully saturated rings. The molecule has 1 heterocycles. The Balaban J connectivity index is 1.47. The maximum atomic E-state index is 10.5. The molecule has 0 aliphatic carbocycles. The van der Waals surface area contributed by atoms with Gasteiger partial charge < -0.3 is 9.84 Å². The predicted molar refractivity (Wildman–Crippen MR) is 124 cm³/mol. The molecule has 7 nitrogen and oxygen atoms in total. The normalized spacial score (nSPS) is 11.6. The highest BCUT2D eigenvalue weighted by Crippen LogP contribution is 2.22. The van der Waals surface area contributed by atoms with Crippen LogP contribution in [0.1, 0.15) is 48.8 Å². The molecule has 0 radical (unpaired) electrons. The van der Waals surface area contributed by atoms with Gasteiger partial charge in [0.25, 0.3) is 0 Å². The van der Waals surface area contributed by atoms with Gasteiger partial charge in [0.2, 0.25) is 11.7 Å². The van der Waals surface area contributed by atoms with E-state index in [4.69, 9.17) is 9.42 Å². The van der Waals surface area contributed by atoms with Gasteiger partial charge in [-0.3, -0.25) is 0 Å². The molecular formula is C24H31N3O4P+. The van der Waals surface area contributed by atoms with Crippen molar-refractivity contribution in [1.82, 2.24) is 15.5 Å². The van der Waals surface area contributed by atoms with Crippen LogP contribution in [0.15, 0.2) is 53.1 Å².